The summed E-state index contributed by atoms with van der Waals surface area (Å²) in [7, 11) is 0. The van der Waals surface area contributed by atoms with Crippen LogP contribution in [0, 0.1) is 0 Å². The molecule has 120 valence electrons. The van der Waals surface area contributed by atoms with Crippen LogP contribution < -0.4 is 14.9 Å². The molecule has 2 heterocycles. The van der Waals surface area contributed by atoms with Crippen LogP contribution in [0.1, 0.15) is 5.56 Å². The molecule has 3 aromatic rings. The van der Waals surface area contributed by atoms with Crippen LogP contribution in [0.5, 0.6) is 11.5 Å². The number of aromatic nitrogens is 1. The average Bonchev–Trinajstić information content (AvgIpc) is 3.04. The number of nitrogens with zero attached hydrogens (tertiary/aromatic N) is 1. The Hall–Kier alpha value is -3.28. The highest BCUT2D eigenvalue weighted by Gasteiger charge is 2.26. The van der Waals surface area contributed by atoms with Gasteiger partial charge in [0.15, 0.2) is 11.5 Å². The molecule has 1 aliphatic heterocycles. The van der Waals surface area contributed by atoms with E-state index in [1.165, 1.54) is 0 Å². The predicted octanol–water partition coefficient (Wildman–Crippen LogP) is 2.46. The summed E-state index contributed by atoms with van der Waals surface area (Å²) >= 11 is 0. The molecule has 2 aromatic carbocycles. The Balaban J connectivity index is 1.42. The monoisotopic (exact) mass is 321 g/mol. The van der Waals surface area contributed by atoms with Gasteiger partial charge in [-0.1, -0.05) is 30.3 Å². The molecule has 0 radical (unpaired) electrons. The van der Waals surface area contributed by atoms with Gasteiger partial charge >= 0.3 is 0 Å². The van der Waals surface area contributed by atoms with E-state index in [0.29, 0.717) is 11.5 Å². The molecule has 0 unspecified atom stereocenters. The number of rotatable bonds is 3. The van der Waals surface area contributed by atoms with Crippen molar-refractivity contribution in [3.05, 3.63) is 60.3 Å². The fourth-order valence-electron chi connectivity index (χ4n) is 2.59. The molecule has 1 amide bonds. The molecule has 1 aliphatic rings. The number of aromatic amines is 1. The molecule has 0 fully saturated rings. The van der Waals surface area contributed by atoms with E-state index in [9.17, 15) is 4.79 Å². The van der Waals surface area contributed by atoms with E-state index >= 15 is 0 Å². The number of H-pyrrole nitrogens is 1. The van der Waals surface area contributed by atoms with E-state index in [-0.39, 0.29) is 12.5 Å². The molecular weight excluding hydrogens is 306 g/mol. The molecule has 0 aliphatic carbocycles. The zero-order chi connectivity index (χ0) is 16.4. The Morgan fingerprint density at radius 3 is 2.88 bits per heavy atom. The smallest absolute Gasteiger partial charge is 0.284 e. The normalized spacial score (nSPS) is 16.4. The molecule has 6 heteroatoms. The first-order chi connectivity index (χ1) is 11.8. The van der Waals surface area contributed by atoms with Crippen molar-refractivity contribution in [1.29, 1.82) is 0 Å². The van der Waals surface area contributed by atoms with Gasteiger partial charge in [-0.05, 0) is 18.2 Å². The standard InChI is InChI=1S/C18H15N3O3/c22-18(17-11-23-15-7-3-4-8-16(15)24-17)21-20-10-12-9-19-14-6-2-1-5-13(12)14/h1-10,17,19H,11H2,(H,21,22)/b20-10+/t17-/m0/s1. The molecule has 1 aromatic heterocycles. The Morgan fingerprint density at radius 1 is 1.17 bits per heavy atom. The van der Waals surface area contributed by atoms with Gasteiger partial charge in [0.1, 0.15) is 6.61 Å². The summed E-state index contributed by atoms with van der Waals surface area (Å²) in [6.45, 7) is 0.158. The fourth-order valence-corrected chi connectivity index (χ4v) is 2.59. The Labute approximate surface area is 138 Å². The summed E-state index contributed by atoms with van der Waals surface area (Å²) in [5, 5.41) is 5.06. The van der Waals surface area contributed by atoms with Crippen molar-refractivity contribution in [2.75, 3.05) is 6.61 Å². The van der Waals surface area contributed by atoms with E-state index in [1.807, 2.05) is 42.6 Å². The molecular formula is C18H15N3O3. The summed E-state index contributed by atoms with van der Waals surface area (Å²) in [4.78, 5) is 15.3. The number of hydrazone groups is 1. The topological polar surface area (TPSA) is 75.7 Å². The van der Waals surface area contributed by atoms with Gasteiger partial charge in [-0.15, -0.1) is 0 Å². The third-order valence-corrected chi connectivity index (χ3v) is 3.80. The van der Waals surface area contributed by atoms with Crippen LogP contribution in [0.15, 0.2) is 59.8 Å². The maximum Gasteiger partial charge on any atom is 0.284 e. The van der Waals surface area contributed by atoms with Crippen LogP contribution >= 0.6 is 0 Å². The van der Waals surface area contributed by atoms with Gasteiger partial charge < -0.3 is 14.5 Å². The lowest BCUT2D eigenvalue weighted by Crippen LogP contribution is -2.42. The summed E-state index contributed by atoms with van der Waals surface area (Å²) in [6.07, 6.45) is 2.73. The number of carbonyl (C=O) groups excluding carboxylic acids is 1. The molecule has 1 atom stereocenters. The van der Waals surface area contributed by atoms with Crippen molar-refractivity contribution in [1.82, 2.24) is 10.4 Å². The van der Waals surface area contributed by atoms with E-state index < -0.39 is 6.10 Å². The third kappa shape index (κ3) is 2.69. The Morgan fingerprint density at radius 2 is 1.96 bits per heavy atom. The summed E-state index contributed by atoms with van der Waals surface area (Å²) in [6, 6.07) is 15.1. The maximum atomic E-state index is 12.2. The van der Waals surface area contributed by atoms with E-state index in [4.69, 9.17) is 9.47 Å². The number of fused-ring (bicyclic) bond motifs is 2. The molecule has 6 nitrogen and oxygen atoms in total. The summed E-state index contributed by atoms with van der Waals surface area (Å²) in [5.41, 5.74) is 4.42. The second-order valence-corrected chi connectivity index (χ2v) is 5.39. The first-order valence-electron chi connectivity index (χ1n) is 7.59. The van der Waals surface area contributed by atoms with E-state index in [2.05, 4.69) is 15.5 Å². The quantitative estimate of drug-likeness (QED) is 0.575. The minimum atomic E-state index is -0.722. The van der Waals surface area contributed by atoms with Crippen LogP contribution in [-0.2, 0) is 4.79 Å². The highest BCUT2D eigenvalue weighted by molar-refractivity contribution is 5.99. The highest BCUT2D eigenvalue weighted by Crippen LogP contribution is 2.30. The van der Waals surface area contributed by atoms with Crippen molar-refractivity contribution in [2.24, 2.45) is 5.10 Å². The molecule has 2 N–H and O–H groups in total. The van der Waals surface area contributed by atoms with Crippen molar-refractivity contribution >= 4 is 23.0 Å². The molecule has 24 heavy (non-hydrogen) atoms. The first-order valence-corrected chi connectivity index (χ1v) is 7.59. The zero-order valence-electron chi connectivity index (χ0n) is 12.7. The number of ether oxygens (including phenoxy) is 2. The minimum absolute atomic E-state index is 0.158. The van der Waals surface area contributed by atoms with E-state index in [0.717, 1.165) is 16.5 Å². The number of carbonyl (C=O) groups is 1. The van der Waals surface area contributed by atoms with Crippen LogP contribution in [0.4, 0.5) is 0 Å². The molecule has 0 bridgehead atoms. The van der Waals surface area contributed by atoms with Crippen molar-refractivity contribution in [2.45, 2.75) is 6.10 Å². The average molecular weight is 321 g/mol. The van der Waals surface area contributed by atoms with Crippen molar-refractivity contribution in [3.8, 4) is 11.5 Å². The molecule has 4 rings (SSSR count). The number of amides is 1. The number of hydrogen-bond donors (Lipinski definition) is 2. The second-order valence-electron chi connectivity index (χ2n) is 5.39. The summed E-state index contributed by atoms with van der Waals surface area (Å²) in [5.74, 6) is 0.856. The van der Waals surface area contributed by atoms with Gasteiger partial charge in [0.05, 0.1) is 6.21 Å². The molecule has 0 saturated heterocycles. The lowest BCUT2D eigenvalue weighted by molar-refractivity contribution is -0.130. The summed E-state index contributed by atoms with van der Waals surface area (Å²) < 4.78 is 11.2. The van der Waals surface area contributed by atoms with Crippen LogP contribution in [-0.4, -0.2) is 29.8 Å². The number of nitrogens with one attached hydrogen (secondary N) is 2. The van der Waals surface area contributed by atoms with Gasteiger partial charge in [-0.2, -0.15) is 5.10 Å². The first kappa shape index (κ1) is 14.3. The van der Waals surface area contributed by atoms with E-state index in [1.54, 1.807) is 18.3 Å². The Bertz CT molecular complexity index is 917. The van der Waals surface area contributed by atoms with Gasteiger partial charge in [-0.25, -0.2) is 5.43 Å². The SMILES string of the molecule is O=C(N/N=C/c1c[nH]c2ccccc12)[C@@H]1COc2ccccc2O1. The van der Waals surface area contributed by atoms with Gasteiger partial charge in [-0.3, -0.25) is 4.79 Å². The van der Waals surface area contributed by atoms with Gasteiger partial charge in [0.25, 0.3) is 5.91 Å². The maximum absolute atomic E-state index is 12.2. The zero-order valence-corrected chi connectivity index (χ0v) is 12.7. The minimum Gasteiger partial charge on any atom is -0.485 e. The second kappa shape index (κ2) is 6.08. The lowest BCUT2D eigenvalue weighted by atomic mass is 10.2. The fraction of sp³-hybridized carbons (Fsp3) is 0.111. The highest BCUT2D eigenvalue weighted by atomic mass is 16.6. The third-order valence-electron chi connectivity index (χ3n) is 3.80. The number of benzene rings is 2. The van der Waals surface area contributed by atoms with Gasteiger partial charge in [0, 0.05) is 22.7 Å². The molecule has 0 saturated carbocycles. The van der Waals surface area contributed by atoms with Crippen LogP contribution in [0.2, 0.25) is 0 Å². The predicted molar refractivity (Wildman–Crippen MR) is 90.4 cm³/mol. The lowest BCUT2D eigenvalue weighted by Gasteiger charge is -2.24. The van der Waals surface area contributed by atoms with Crippen molar-refractivity contribution in [3.63, 3.8) is 0 Å². The van der Waals surface area contributed by atoms with Crippen LogP contribution in [0.3, 0.4) is 0 Å². The number of hydrogen-bond acceptors (Lipinski definition) is 4. The van der Waals surface area contributed by atoms with Crippen molar-refractivity contribution < 1.29 is 14.3 Å². The number of para-hydroxylation sites is 3. The van der Waals surface area contributed by atoms with Gasteiger partial charge in [0.2, 0.25) is 6.10 Å². The van der Waals surface area contributed by atoms with Crippen LogP contribution in [0.25, 0.3) is 10.9 Å². The largest absolute Gasteiger partial charge is 0.485 e. The Kier molecular flexibility index (Phi) is 3.63. The molecule has 0 spiro atoms.